The Morgan fingerprint density at radius 2 is 1.74 bits per heavy atom. The molecular formula is C18H26O. The van der Waals surface area contributed by atoms with Crippen molar-refractivity contribution in [3.63, 3.8) is 0 Å². The number of benzene rings is 1. The van der Waals surface area contributed by atoms with Crippen molar-refractivity contribution in [3.8, 4) is 0 Å². The first-order chi connectivity index (χ1) is 9.14. The van der Waals surface area contributed by atoms with E-state index in [1.54, 1.807) is 0 Å². The zero-order valence-corrected chi connectivity index (χ0v) is 12.3. The molecule has 0 saturated carbocycles. The van der Waals surface area contributed by atoms with Gasteiger partial charge >= 0.3 is 0 Å². The molecule has 1 nitrogen and oxygen atoms in total. The van der Waals surface area contributed by atoms with Crippen molar-refractivity contribution in [2.75, 3.05) is 0 Å². The molecule has 1 aromatic carbocycles. The summed E-state index contributed by atoms with van der Waals surface area (Å²) in [6, 6.07) is 8.43. The first-order valence-corrected chi connectivity index (χ1v) is 7.66. The molecule has 1 unspecified atom stereocenters. The van der Waals surface area contributed by atoms with Gasteiger partial charge in [0, 0.05) is 0 Å². The van der Waals surface area contributed by atoms with Crippen LogP contribution in [0.5, 0.6) is 0 Å². The second kappa shape index (κ2) is 6.38. The van der Waals surface area contributed by atoms with Crippen molar-refractivity contribution in [1.29, 1.82) is 0 Å². The number of hydrogen-bond donors (Lipinski definition) is 1. The van der Waals surface area contributed by atoms with Gasteiger partial charge in [-0.1, -0.05) is 50.1 Å². The van der Waals surface area contributed by atoms with Crippen molar-refractivity contribution in [1.82, 2.24) is 0 Å². The fourth-order valence-corrected chi connectivity index (χ4v) is 2.88. The summed E-state index contributed by atoms with van der Waals surface area (Å²) in [4.78, 5) is 0. The van der Waals surface area contributed by atoms with Crippen molar-refractivity contribution in [2.45, 2.75) is 64.4 Å². The number of rotatable bonds is 3. The van der Waals surface area contributed by atoms with Gasteiger partial charge in [-0.3, -0.25) is 0 Å². The van der Waals surface area contributed by atoms with Crippen LogP contribution < -0.4 is 0 Å². The molecule has 104 valence electrons. The van der Waals surface area contributed by atoms with Crippen LogP contribution in [0.4, 0.5) is 0 Å². The molecule has 0 saturated heterocycles. The van der Waals surface area contributed by atoms with Crippen LogP contribution >= 0.6 is 0 Å². The number of hydrogen-bond acceptors (Lipinski definition) is 1. The quantitative estimate of drug-likeness (QED) is 0.777. The van der Waals surface area contributed by atoms with Crippen LogP contribution in [0.25, 0.3) is 0 Å². The van der Waals surface area contributed by atoms with Gasteiger partial charge in [0.2, 0.25) is 0 Å². The van der Waals surface area contributed by atoms with Gasteiger partial charge in [-0.25, -0.2) is 0 Å². The molecule has 1 aromatic rings. The monoisotopic (exact) mass is 258 g/mol. The van der Waals surface area contributed by atoms with Gasteiger partial charge in [0.15, 0.2) is 0 Å². The van der Waals surface area contributed by atoms with E-state index in [9.17, 15) is 5.11 Å². The largest absolute Gasteiger partial charge is 0.381 e. The van der Waals surface area contributed by atoms with Gasteiger partial charge in [-0.2, -0.15) is 0 Å². The van der Waals surface area contributed by atoms with Gasteiger partial charge in [0.05, 0.1) is 0 Å². The van der Waals surface area contributed by atoms with E-state index in [1.165, 1.54) is 36.8 Å². The van der Waals surface area contributed by atoms with Crippen molar-refractivity contribution in [3.05, 3.63) is 47.0 Å². The summed E-state index contributed by atoms with van der Waals surface area (Å²) in [5.41, 5.74) is 2.75. The molecular weight excluding hydrogens is 232 g/mol. The van der Waals surface area contributed by atoms with Gasteiger partial charge < -0.3 is 5.11 Å². The van der Waals surface area contributed by atoms with Crippen LogP contribution in [0.3, 0.4) is 0 Å². The number of aliphatic hydroxyl groups is 1. The Balaban J connectivity index is 2.23. The molecule has 0 amide bonds. The molecule has 1 N–H and O–H groups in total. The van der Waals surface area contributed by atoms with E-state index in [0.29, 0.717) is 0 Å². The smallest absolute Gasteiger partial charge is 0.108 e. The molecule has 0 aromatic heterocycles. The first-order valence-electron chi connectivity index (χ1n) is 7.66. The molecule has 0 spiro atoms. The fourth-order valence-electron chi connectivity index (χ4n) is 2.88. The summed E-state index contributed by atoms with van der Waals surface area (Å²) in [7, 11) is 0. The summed E-state index contributed by atoms with van der Waals surface area (Å²) < 4.78 is 0. The van der Waals surface area contributed by atoms with E-state index in [4.69, 9.17) is 0 Å². The Kier molecular flexibility index (Phi) is 4.81. The van der Waals surface area contributed by atoms with E-state index < -0.39 is 5.60 Å². The molecule has 0 aliphatic heterocycles. The Morgan fingerprint density at radius 1 is 1.05 bits per heavy atom. The Bertz CT molecular complexity index is 426. The number of allylic oxidation sites excluding steroid dienone is 1. The third kappa shape index (κ3) is 3.48. The minimum atomic E-state index is -0.802. The maximum absolute atomic E-state index is 10.9. The average Bonchev–Trinajstić information content (AvgIpc) is 2.38. The molecule has 1 atom stereocenters. The van der Waals surface area contributed by atoms with Crippen molar-refractivity contribution in [2.24, 2.45) is 0 Å². The van der Waals surface area contributed by atoms with E-state index >= 15 is 0 Å². The second-order valence-corrected chi connectivity index (χ2v) is 5.80. The van der Waals surface area contributed by atoms with Crippen LogP contribution in [-0.4, -0.2) is 5.11 Å². The van der Waals surface area contributed by atoms with E-state index in [2.05, 4.69) is 37.3 Å². The molecule has 0 heterocycles. The topological polar surface area (TPSA) is 20.2 Å². The highest BCUT2D eigenvalue weighted by molar-refractivity contribution is 5.34. The molecule has 1 aliphatic carbocycles. The maximum Gasteiger partial charge on any atom is 0.108 e. The number of aryl methyl sites for hydroxylation is 1. The minimum absolute atomic E-state index is 0.802. The third-order valence-electron chi connectivity index (χ3n) is 4.34. The van der Waals surface area contributed by atoms with Crippen molar-refractivity contribution < 1.29 is 5.11 Å². The zero-order valence-electron chi connectivity index (χ0n) is 12.3. The van der Waals surface area contributed by atoms with E-state index in [1.807, 2.05) is 6.92 Å². The standard InChI is InChI=1S/C18H26O/c1-3-15-11-13-17(14-12-15)18(2,19)16-9-7-5-4-6-8-10-16/h9,11-14,19H,3-8,10H2,1-2H3/b16-9+. The summed E-state index contributed by atoms with van der Waals surface area (Å²) in [5.74, 6) is 0. The van der Waals surface area contributed by atoms with Crippen LogP contribution in [-0.2, 0) is 12.0 Å². The van der Waals surface area contributed by atoms with Crippen LogP contribution in [0.15, 0.2) is 35.9 Å². The molecule has 2 rings (SSSR count). The van der Waals surface area contributed by atoms with Crippen molar-refractivity contribution >= 4 is 0 Å². The summed E-state index contributed by atoms with van der Waals surface area (Å²) in [6.07, 6.45) is 10.5. The Morgan fingerprint density at radius 3 is 2.42 bits per heavy atom. The Hall–Kier alpha value is -1.08. The van der Waals surface area contributed by atoms with Crippen LogP contribution in [0.1, 0.15) is 63.5 Å². The molecule has 1 heteroatoms. The predicted molar refractivity (Wildman–Crippen MR) is 81.2 cm³/mol. The minimum Gasteiger partial charge on any atom is -0.381 e. The lowest BCUT2D eigenvalue weighted by Crippen LogP contribution is -2.24. The van der Waals surface area contributed by atoms with Gasteiger partial charge in [0.1, 0.15) is 5.60 Å². The lowest BCUT2D eigenvalue weighted by atomic mass is 9.83. The maximum atomic E-state index is 10.9. The summed E-state index contributed by atoms with van der Waals surface area (Å²) >= 11 is 0. The first kappa shape index (κ1) is 14.3. The lowest BCUT2D eigenvalue weighted by Gasteiger charge is -2.29. The van der Waals surface area contributed by atoms with E-state index in [-0.39, 0.29) is 0 Å². The van der Waals surface area contributed by atoms with Gasteiger partial charge in [0.25, 0.3) is 0 Å². The summed E-state index contributed by atoms with van der Waals surface area (Å²) in [6.45, 7) is 4.10. The molecule has 0 radical (unpaired) electrons. The fraction of sp³-hybridized carbons (Fsp3) is 0.556. The third-order valence-corrected chi connectivity index (χ3v) is 4.34. The predicted octanol–water partition coefficient (Wildman–Crippen LogP) is 4.74. The van der Waals surface area contributed by atoms with Gasteiger partial charge in [-0.15, -0.1) is 0 Å². The van der Waals surface area contributed by atoms with E-state index in [0.717, 1.165) is 24.8 Å². The molecule has 0 bridgehead atoms. The molecule has 0 fully saturated rings. The zero-order chi connectivity index (χ0) is 13.7. The SMILES string of the molecule is CCc1ccc(C(C)(O)/C2=C/CCCCCC2)cc1. The lowest BCUT2D eigenvalue weighted by molar-refractivity contribution is 0.0922. The van der Waals surface area contributed by atoms with Gasteiger partial charge in [-0.05, 0) is 55.7 Å². The normalized spacial score (nSPS) is 22.8. The summed E-state index contributed by atoms with van der Waals surface area (Å²) in [5, 5.41) is 10.9. The molecule has 1 aliphatic rings. The Labute approximate surface area is 117 Å². The highest BCUT2D eigenvalue weighted by atomic mass is 16.3. The highest BCUT2D eigenvalue weighted by Gasteiger charge is 2.27. The second-order valence-electron chi connectivity index (χ2n) is 5.80. The van der Waals surface area contributed by atoms with Crippen LogP contribution in [0, 0.1) is 0 Å². The molecule has 19 heavy (non-hydrogen) atoms. The average molecular weight is 258 g/mol. The highest BCUT2D eigenvalue weighted by Crippen LogP contribution is 2.34. The van der Waals surface area contributed by atoms with Crippen LogP contribution in [0.2, 0.25) is 0 Å².